The Morgan fingerprint density at radius 1 is 0.286 bits per heavy atom. The van der Waals surface area contributed by atoms with Crippen molar-refractivity contribution in [1.29, 1.82) is 0 Å². The number of anilines is 3. The Kier molecular flexibility index (Phi) is 7.22. The number of benzene rings is 9. The van der Waals surface area contributed by atoms with Gasteiger partial charge in [-0.1, -0.05) is 164 Å². The molecular formula is C48H33N. The largest absolute Gasteiger partial charge is 0.310 e. The lowest BCUT2D eigenvalue weighted by molar-refractivity contribution is 1.28. The molecule has 1 heteroatoms. The van der Waals surface area contributed by atoms with Gasteiger partial charge in [0.25, 0.3) is 0 Å². The van der Waals surface area contributed by atoms with E-state index in [4.69, 9.17) is 0 Å². The van der Waals surface area contributed by atoms with E-state index in [1.165, 1.54) is 65.7 Å². The summed E-state index contributed by atoms with van der Waals surface area (Å²) in [7, 11) is 0. The second kappa shape index (κ2) is 12.3. The molecule has 9 aromatic rings. The van der Waals surface area contributed by atoms with Gasteiger partial charge in [0.2, 0.25) is 0 Å². The van der Waals surface area contributed by atoms with Gasteiger partial charge in [0.05, 0.1) is 5.69 Å². The Labute approximate surface area is 287 Å². The third-order valence-electron chi connectivity index (χ3n) is 9.65. The Bertz CT molecular complexity index is 2570. The number of hydrogen-bond acceptors (Lipinski definition) is 1. The maximum atomic E-state index is 2.37. The summed E-state index contributed by atoms with van der Waals surface area (Å²) in [6.07, 6.45) is 0. The number of fused-ring (bicyclic) bond motifs is 5. The Balaban J connectivity index is 1.13. The highest BCUT2D eigenvalue weighted by molar-refractivity contribution is 6.20. The minimum absolute atomic E-state index is 1.11. The van der Waals surface area contributed by atoms with E-state index in [-0.39, 0.29) is 0 Å². The fourth-order valence-electron chi connectivity index (χ4n) is 7.21. The number of hydrogen-bond donors (Lipinski definition) is 0. The van der Waals surface area contributed by atoms with Crippen LogP contribution in [0.4, 0.5) is 17.1 Å². The van der Waals surface area contributed by atoms with Crippen LogP contribution in [0.2, 0.25) is 0 Å². The molecule has 0 amide bonds. The average Bonchev–Trinajstić information content (AvgIpc) is 3.19. The lowest BCUT2D eigenvalue weighted by atomic mass is 9.94. The van der Waals surface area contributed by atoms with Crippen LogP contribution in [0, 0.1) is 0 Å². The standard InChI is InChI=1S/C48H33N/c1-3-11-34(12-4-1)35-23-28-42(29-24-35)49(47-18-10-9-16-44(47)37-13-5-2-6-14-37)43-30-25-36(26-31-43)40-27-32-46-41(33-40)22-21-39-20-19-38-15-7-8-17-45(38)48(39)46/h1-33H. The van der Waals surface area contributed by atoms with E-state index in [0.29, 0.717) is 0 Å². The highest BCUT2D eigenvalue weighted by Crippen LogP contribution is 2.42. The van der Waals surface area contributed by atoms with E-state index in [0.717, 1.165) is 17.1 Å². The van der Waals surface area contributed by atoms with Gasteiger partial charge in [-0.25, -0.2) is 0 Å². The van der Waals surface area contributed by atoms with Crippen LogP contribution in [0.1, 0.15) is 0 Å². The zero-order chi connectivity index (χ0) is 32.6. The van der Waals surface area contributed by atoms with Crippen molar-refractivity contribution in [3.63, 3.8) is 0 Å². The van der Waals surface area contributed by atoms with Crippen molar-refractivity contribution in [2.75, 3.05) is 4.90 Å². The molecule has 0 N–H and O–H groups in total. The molecule has 0 fully saturated rings. The molecule has 230 valence electrons. The van der Waals surface area contributed by atoms with Crippen LogP contribution in [-0.2, 0) is 0 Å². The average molecular weight is 624 g/mol. The third-order valence-corrected chi connectivity index (χ3v) is 9.65. The van der Waals surface area contributed by atoms with Crippen molar-refractivity contribution >= 4 is 49.4 Å². The number of para-hydroxylation sites is 1. The van der Waals surface area contributed by atoms with Crippen molar-refractivity contribution in [2.24, 2.45) is 0 Å². The summed E-state index contributed by atoms with van der Waals surface area (Å²) in [6, 6.07) is 72.4. The van der Waals surface area contributed by atoms with Gasteiger partial charge in [0.1, 0.15) is 0 Å². The molecule has 9 aromatic carbocycles. The fraction of sp³-hybridized carbons (Fsp3) is 0. The van der Waals surface area contributed by atoms with E-state index in [2.05, 4.69) is 205 Å². The normalized spacial score (nSPS) is 11.3. The molecule has 9 rings (SSSR count). The van der Waals surface area contributed by atoms with Crippen molar-refractivity contribution in [1.82, 2.24) is 0 Å². The van der Waals surface area contributed by atoms with E-state index in [1.807, 2.05) is 0 Å². The smallest absolute Gasteiger partial charge is 0.0540 e. The molecule has 0 spiro atoms. The predicted molar refractivity (Wildman–Crippen MR) is 210 cm³/mol. The van der Waals surface area contributed by atoms with Gasteiger partial charge >= 0.3 is 0 Å². The van der Waals surface area contributed by atoms with Gasteiger partial charge < -0.3 is 4.90 Å². The molecule has 0 aromatic heterocycles. The van der Waals surface area contributed by atoms with E-state index in [1.54, 1.807) is 0 Å². The predicted octanol–water partition coefficient (Wildman–Crippen LogP) is 13.6. The Hall–Kier alpha value is -6.44. The highest BCUT2D eigenvalue weighted by Gasteiger charge is 2.17. The van der Waals surface area contributed by atoms with Gasteiger partial charge in [-0.05, 0) is 96.5 Å². The van der Waals surface area contributed by atoms with Gasteiger partial charge in [-0.3, -0.25) is 0 Å². The molecule has 0 aliphatic heterocycles. The van der Waals surface area contributed by atoms with E-state index < -0.39 is 0 Å². The summed E-state index contributed by atoms with van der Waals surface area (Å²) in [5.41, 5.74) is 10.6. The lowest BCUT2D eigenvalue weighted by Gasteiger charge is -2.28. The molecule has 0 bridgehead atoms. The summed E-state index contributed by atoms with van der Waals surface area (Å²) in [5, 5.41) is 7.71. The van der Waals surface area contributed by atoms with Crippen LogP contribution in [0.25, 0.3) is 65.7 Å². The fourth-order valence-corrected chi connectivity index (χ4v) is 7.21. The molecular weight excluding hydrogens is 591 g/mol. The molecule has 49 heavy (non-hydrogen) atoms. The molecule has 1 nitrogen and oxygen atoms in total. The summed E-state index contributed by atoms with van der Waals surface area (Å²) in [5.74, 6) is 0. The third kappa shape index (κ3) is 5.32. The highest BCUT2D eigenvalue weighted by atomic mass is 15.1. The van der Waals surface area contributed by atoms with Crippen LogP contribution in [0.15, 0.2) is 200 Å². The van der Waals surface area contributed by atoms with Crippen LogP contribution < -0.4 is 4.90 Å². The zero-order valence-electron chi connectivity index (χ0n) is 27.0. The molecule has 0 heterocycles. The molecule has 0 saturated heterocycles. The van der Waals surface area contributed by atoms with Gasteiger partial charge in [0.15, 0.2) is 0 Å². The first-order valence-corrected chi connectivity index (χ1v) is 16.8. The van der Waals surface area contributed by atoms with Crippen LogP contribution in [0.3, 0.4) is 0 Å². The summed E-state index contributed by atoms with van der Waals surface area (Å²) in [6.45, 7) is 0. The van der Waals surface area contributed by atoms with E-state index in [9.17, 15) is 0 Å². The van der Waals surface area contributed by atoms with Gasteiger partial charge in [-0.2, -0.15) is 0 Å². The number of rotatable bonds is 6. The van der Waals surface area contributed by atoms with Crippen LogP contribution >= 0.6 is 0 Å². The SMILES string of the molecule is c1ccc(-c2ccc(N(c3ccc(-c4ccc5c(ccc6ccc7ccccc7c65)c4)cc3)c3ccccc3-c3ccccc3)cc2)cc1. The Morgan fingerprint density at radius 2 is 0.776 bits per heavy atom. The lowest BCUT2D eigenvalue weighted by Crippen LogP contribution is -2.11. The molecule has 0 radical (unpaired) electrons. The van der Waals surface area contributed by atoms with Crippen molar-refractivity contribution < 1.29 is 0 Å². The first kappa shape index (κ1) is 28.8. The van der Waals surface area contributed by atoms with Crippen molar-refractivity contribution in [2.45, 2.75) is 0 Å². The second-order valence-corrected chi connectivity index (χ2v) is 12.6. The molecule has 0 unspecified atom stereocenters. The summed E-state index contributed by atoms with van der Waals surface area (Å²) in [4.78, 5) is 2.37. The van der Waals surface area contributed by atoms with Crippen LogP contribution in [0.5, 0.6) is 0 Å². The van der Waals surface area contributed by atoms with E-state index >= 15 is 0 Å². The maximum Gasteiger partial charge on any atom is 0.0540 e. The molecule has 0 saturated carbocycles. The molecule has 0 atom stereocenters. The summed E-state index contributed by atoms with van der Waals surface area (Å²) < 4.78 is 0. The Morgan fingerprint density at radius 3 is 1.49 bits per heavy atom. The minimum atomic E-state index is 1.11. The topological polar surface area (TPSA) is 3.24 Å². The maximum absolute atomic E-state index is 2.37. The monoisotopic (exact) mass is 623 g/mol. The quantitative estimate of drug-likeness (QED) is 0.167. The first-order valence-electron chi connectivity index (χ1n) is 16.8. The summed E-state index contributed by atoms with van der Waals surface area (Å²) >= 11 is 0. The van der Waals surface area contributed by atoms with Gasteiger partial charge in [0, 0.05) is 16.9 Å². The zero-order valence-corrected chi connectivity index (χ0v) is 27.0. The molecule has 0 aliphatic rings. The van der Waals surface area contributed by atoms with Gasteiger partial charge in [-0.15, -0.1) is 0 Å². The van der Waals surface area contributed by atoms with Crippen molar-refractivity contribution in [3.8, 4) is 33.4 Å². The minimum Gasteiger partial charge on any atom is -0.310 e. The van der Waals surface area contributed by atoms with Crippen molar-refractivity contribution in [3.05, 3.63) is 200 Å². The number of nitrogens with zero attached hydrogens (tertiary/aromatic N) is 1. The second-order valence-electron chi connectivity index (χ2n) is 12.6. The van der Waals surface area contributed by atoms with Crippen LogP contribution in [-0.4, -0.2) is 0 Å². The first-order chi connectivity index (χ1) is 24.3. The molecule has 0 aliphatic carbocycles.